The predicted octanol–water partition coefficient (Wildman–Crippen LogP) is 3.75. The Labute approximate surface area is 176 Å². The Morgan fingerprint density at radius 3 is 2.55 bits per heavy atom. The average molecular weight is 412 g/mol. The third-order valence-electron chi connectivity index (χ3n) is 5.12. The van der Waals surface area contributed by atoms with Crippen molar-refractivity contribution in [1.29, 1.82) is 0 Å². The molecule has 0 saturated heterocycles. The van der Waals surface area contributed by atoms with Crippen molar-refractivity contribution in [3.8, 4) is 11.5 Å². The maximum atomic E-state index is 13.3. The lowest BCUT2D eigenvalue weighted by Gasteiger charge is -2.31. The van der Waals surface area contributed by atoms with E-state index < -0.39 is 6.04 Å². The van der Waals surface area contributed by atoms with E-state index in [-0.39, 0.29) is 5.91 Å². The molecule has 29 heavy (non-hydrogen) atoms. The van der Waals surface area contributed by atoms with Crippen molar-refractivity contribution in [3.05, 3.63) is 64.4 Å². The molecule has 0 fully saturated rings. The largest absolute Gasteiger partial charge is 0.497 e. The van der Waals surface area contributed by atoms with E-state index >= 15 is 0 Å². The lowest BCUT2D eigenvalue weighted by atomic mass is 9.93. The first-order chi connectivity index (χ1) is 13.8. The quantitative estimate of drug-likeness (QED) is 0.651. The summed E-state index contributed by atoms with van der Waals surface area (Å²) in [6, 6.07) is 10.9. The Hall–Kier alpha value is -3.06. The predicted molar refractivity (Wildman–Crippen MR) is 118 cm³/mol. The summed E-state index contributed by atoms with van der Waals surface area (Å²) in [7, 11) is 3.18. The van der Waals surface area contributed by atoms with Crippen LogP contribution in [0.15, 0.2) is 47.7 Å². The number of methoxy groups -OCH3 is 2. The fraction of sp³-hybridized carbons (Fsp3) is 0.273. The molecule has 0 aliphatic carbocycles. The Kier molecular flexibility index (Phi) is 6.08. The van der Waals surface area contributed by atoms with Gasteiger partial charge in [0.1, 0.15) is 11.5 Å². The van der Waals surface area contributed by atoms with Crippen LogP contribution in [0.4, 0.5) is 5.69 Å². The first-order valence-electron chi connectivity index (χ1n) is 9.23. The molecule has 1 amide bonds. The number of aryl methyl sites for hydroxylation is 1. The molecule has 1 heterocycles. The zero-order chi connectivity index (χ0) is 21.1. The van der Waals surface area contributed by atoms with Gasteiger partial charge in [-0.3, -0.25) is 4.79 Å². The van der Waals surface area contributed by atoms with Gasteiger partial charge in [-0.25, -0.2) is 0 Å². The molecule has 7 heteroatoms. The average Bonchev–Trinajstić information content (AvgIpc) is 2.70. The van der Waals surface area contributed by atoms with Crippen molar-refractivity contribution >= 4 is 28.9 Å². The number of thiocarbonyl (C=S) groups is 1. The molecule has 0 unspecified atom stereocenters. The van der Waals surface area contributed by atoms with E-state index in [9.17, 15) is 4.79 Å². The third kappa shape index (κ3) is 4.19. The lowest BCUT2D eigenvalue weighted by molar-refractivity contribution is -0.113. The highest BCUT2D eigenvalue weighted by molar-refractivity contribution is 7.80. The van der Waals surface area contributed by atoms with E-state index in [2.05, 4.69) is 16.0 Å². The highest BCUT2D eigenvalue weighted by Crippen LogP contribution is 2.36. The molecule has 1 aliphatic heterocycles. The smallest absolute Gasteiger partial charge is 0.255 e. The second kappa shape index (κ2) is 8.53. The number of hydrogen-bond acceptors (Lipinski definition) is 4. The normalized spacial score (nSPS) is 16.0. The molecule has 3 rings (SSSR count). The van der Waals surface area contributed by atoms with Crippen molar-refractivity contribution in [2.24, 2.45) is 0 Å². The standard InChI is InChI=1S/C22H25N3O3S/c1-12-7-6-8-17(13(12)2)24-21(26)19-14(3)23-22(29)25-20(19)16-10-9-15(27-4)11-18(16)28-5/h6-11,20H,1-5H3,(H,24,26)(H2,23,25,29)/t20-/m0/s1. The molecule has 1 aliphatic rings. The van der Waals surface area contributed by atoms with Gasteiger partial charge in [-0.1, -0.05) is 12.1 Å². The Morgan fingerprint density at radius 1 is 1.10 bits per heavy atom. The van der Waals surface area contributed by atoms with Crippen molar-refractivity contribution < 1.29 is 14.3 Å². The molecule has 0 aromatic heterocycles. The zero-order valence-electron chi connectivity index (χ0n) is 17.2. The molecule has 0 bridgehead atoms. The topological polar surface area (TPSA) is 71.6 Å². The molecule has 6 nitrogen and oxygen atoms in total. The van der Waals surface area contributed by atoms with E-state index in [0.29, 0.717) is 27.9 Å². The minimum absolute atomic E-state index is 0.207. The van der Waals surface area contributed by atoms with Gasteiger partial charge in [0.2, 0.25) is 0 Å². The van der Waals surface area contributed by atoms with Crippen LogP contribution in [0.5, 0.6) is 11.5 Å². The van der Waals surface area contributed by atoms with Crippen LogP contribution in [0.2, 0.25) is 0 Å². The zero-order valence-corrected chi connectivity index (χ0v) is 18.0. The number of amides is 1. The van der Waals surface area contributed by atoms with Gasteiger partial charge in [0, 0.05) is 23.0 Å². The summed E-state index contributed by atoms with van der Waals surface area (Å²) >= 11 is 5.34. The maximum absolute atomic E-state index is 13.3. The molecule has 1 atom stereocenters. The maximum Gasteiger partial charge on any atom is 0.255 e. The van der Waals surface area contributed by atoms with Crippen LogP contribution in [0.3, 0.4) is 0 Å². The summed E-state index contributed by atoms with van der Waals surface area (Å²) in [6.07, 6.45) is 0. The van der Waals surface area contributed by atoms with E-state index in [1.54, 1.807) is 20.3 Å². The van der Waals surface area contributed by atoms with Gasteiger partial charge in [0.05, 0.1) is 25.8 Å². The number of anilines is 1. The fourth-order valence-electron chi connectivity index (χ4n) is 3.36. The van der Waals surface area contributed by atoms with Gasteiger partial charge >= 0.3 is 0 Å². The Morgan fingerprint density at radius 2 is 1.86 bits per heavy atom. The second-order valence-electron chi connectivity index (χ2n) is 6.88. The first kappa shape index (κ1) is 20.7. The van der Waals surface area contributed by atoms with E-state index in [0.717, 1.165) is 22.4 Å². The van der Waals surface area contributed by atoms with Crippen molar-refractivity contribution in [1.82, 2.24) is 10.6 Å². The van der Waals surface area contributed by atoms with Gasteiger partial charge in [-0.15, -0.1) is 0 Å². The lowest BCUT2D eigenvalue weighted by Crippen LogP contribution is -2.45. The molecular formula is C22H25N3O3S. The van der Waals surface area contributed by atoms with Crippen LogP contribution < -0.4 is 25.4 Å². The number of allylic oxidation sites excluding steroid dienone is 1. The molecule has 0 radical (unpaired) electrons. The summed E-state index contributed by atoms with van der Waals surface area (Å²) in [6.45, 7) is 5.85. The number of carbonyl (C=O) groups is 1. The van der Waals surface area contributed by atoms with Crippen LogP contribution in [-0.2, 0) is 4.79 Å². The number of rotatable bonds is 5. The van der Waals surface area contributed by atoms with Crippen molar-refractivity contribution in [3.63, 3.8) is 0 Å². The van der Waals surface area contributed by atoms with E-state index in [1.165, 1.54) is 0 Å². The van der Waals surface area contributed by atoms with Crippen LogP contribution in [0, 0.1) is 13.8 Å². The number of benzene rings is 2. The molecule has 152 valence electrons. The number of ether oxygens (including phenoxy) is 2. The highest BCUT2D eigenvalue weighted by Gasteiger charge is 2.32. The van der Waals surface area contributed by atoms with Crippen molar-refractivity contribution in [2.75, 3.05) is 19.5 Å². The second-order valence-corrected chi connectivity index (χ2v) is 7.29. The van der Waals surface area contributed by atoms with Crippen LogP contribution in [-0.4, -0.2) is 25.2 Å². The van der Waals surface area contributed by atoms with E-state index in [4.69, 9.17) is 21.7 Å². The fourth-order valence-corrected chi connectivity index (χ4v) is 3.63. The van der Waals surface area contributed by atoms with Crippen molar-refractivity contribution in [2.45, 2.75) is 26.8 Å². The Balaban J connectivity index is 2.02. The van der Waals surface area contributed by atoms with Crippen LogP contribution >= 0.6 is 12.2 Å². The molecule has 0 saturated carbocycles. The van der Waals surface area contributed by atoms with Crippen LogP contribution in [0.25, 0.3) is 0 Å². The number of nitrogens with one attached hydrogen (secondary N) is 3. The minimum Gasteiger partial charge on any atom is -0.497 e. The summed E-state index contributed by atoms with van der Waals surface area (Å²) in [4.78, 5) is 13.3. The summed E-state index contributed by atoms with van der Waals surface area (Å²) in [5.74, 6) is 1.07. The molecule has 0 spiro atoms. The van der Waals surface area contributed by atoms with E-state index in [1.807, 2.05) is 51.1 Å². The minimum atomic E-state index is -0.463. The molecular weight excluding hydrogens is 386 g/mol. The van der Waals surface area contributed by atoms with Gasteiger partial charge in [0.15, 0.2) is 5.11 Å². The van der Waals surface area contributed by atoms with Gasteiger partial charge in [0.25, 0.3) is 5.91 Å². The Bertz CT molecular complexity index is 1000. The monoisotopic (exact) mass is 411 g/mol. The number of hydrogen-bond donors (Lipinski definition) is 3. The summed E-state index contributed by atoms with van der Waals surface area (Å²) in [5, 5.41) is 9.75. The van der Waals surface area contributed by atoms with Gasteiger partial charge in [-0.05, 0) is 62.3 Å². The van der Waals surface area contributed by atoms with Gasteiger partial charge in [-0.2, -0.15) is 0 Å². The molecule has 2 aromatic rings. The van der Waals surface area contributed by atoms with Crippen LogP contribution in [0.1, 0.15) is 29.7 Å². The van der Waals surface area contributed by atoms with Gasteiger partial charge < -0.3 is 25.4 Å². The summed E-state index contributed by atoms with van der Waals surface area (Å²) < 4.78 is 10.8. The third-order valence-corrected chi connectivity index (χ3v) is 5.34. The number of carbonyl (C=O) groups excluding carboxylic acids is 1. The summed E-state index contributed by atoms with van der Waals surface area (Å²) in [5.41, 5.74) is 4.96. The molecule has 3 N–H and O–H groups in total. The first-order valence-corrected chi connectivity index (χ1v) is 9.64. The molecule has 2 aromatic carbocycles. The SMILES string of the molecule is COc1ccc([C@@H]2NC(=S)NC(C)=C2C(=O)Nc2cccc(C)c2C)c(OC)c1. The highest BCUT2D eigenvalue weighted by atomic mass is 32.1.